The van der Waals surface area contributed by atoms with Crippen LogP contribution < -0.4 is 5.32 Å². The van der Waals surface area contributed by atoms with Gasteiger partial charge in [-0.25, -0.2) is 4.39 Å². The van der Waals surface area contributed by atoms with Crippen LogP contribution in [0.2, 0.25) is 5.02 Å². The van der Waals surface area contributed by atoms with Crippen molar-refractivity contribution in [3.8, 4) is 11.1 Å². The zero-order chi connectivity index (χ0) is 15.6. The Hall–Kier alpha value is -1.38. The Kier molecular flexibility index (Phi) is 5.02. The number of aryl methyl sites for hydroxylation is 2. The molecule has 0 unspecified atom stereocenters. The third-order valence-electron chi connectivity index (χ3n) is 3.54. The van der Waals surface area contributed by atoms with Crippen LogP contribution in [0.4, 0.5) is 4.39 Å². The third-order valence-corrected chi connectivity index (χ3v) is 3.95. The lowest BCUT2D eigenvalue weighted by molar-refractivity contribution is 0.586. The Labute approximate surface area is 131 Å². The molecule has 0 bridgehead atoms. The van der Waals surface area contributed by atoms with Crippen LogP contribution in [0.15, 0.2) is 30.3 Å². The number of halogens is 2. The summed E-state index contributed by atoms with van der Waals surface area (Å²) in [7, 11) is 0. The van der Waals surface area contributed by atoms with E-state index in [9.17, 15) is 4.39 Å². The van der Waals surface area contributed by atoms with Gasteiger partial charge in [0.25, 0.3) is 0 Å². The van der Waals surface area contributed by atoms with Crippen molar-refractivity contribution >= 4 is 11.6 Å². The van der Waals surface area contributed by atoms with Crippen molar-refractivity contribution in [2.45, 2.75) is 40.3 Å². The average Bonchev–Trinajstić information content (AvgIpc) is 2.42. The van der Waals surface area contributed by atoms with Gasteiger partial charge in [-0.1, -0.05) is 31.5 Å². The number of rotatable bonds is 4. The predicted molar refractivity (Wildman–Crippen MR) is 88.3 cm³/mol. The van der Waals surface area contributed by atoms with E-state index in [0.717, 1.165) is 28.8 Å². The van der Waals surface area contributed by atoms with Gasteiger partial charge >= 0.3 is 0 Å². The molecule has 3 heteroatoms. The molecule has 0 atom stereocenters. The van der Waals surface area contributed by atoms with Crippen LogP contribution in [0.1, 0.15) is 30.5 Å². The second kappa shape index (κ2) is 6.59. The first-order chi connectivity index (χ1) is 9.88. The standard InChI is InChI=1S/C18H21ClFN/c1-11(2)21-10-14-5-6-18(20)16(9-14)15-7-13(4)17(19)8-12(15)3/h5-9,11,21H,10H2,1-4H3. The van der Waals surface area contributed by atoms with Crippen molar-refractivity contribution < 1.29 is 4.39 Å². The van der Waals surface area contributed by atoms with Crippen molar-refractivity contribution in [3.63, 3.8) is 0 Å². The molecule has 1 nitrogen and oxygen atoms in total. The summed E-state index contributed by atoms with van der Waals surface area (Å²) >= 11 is 6.13. The lowest BCUT2D eigenvalue weighted by atomic mass is 9.96. The van der Waals surface area contributed by atoms with Gasteiger partial charge in [-0.05, 0) is 60.4 Å². The summed E-state index contributed by atoms with van der Waals surface area (Å²) in [6.45, 7) is 8.82. The summed E-state index contributed by atoms with van der Waals surface area (Å²) < 4.78 is 14.2. The molecule has 0 saturated heterocycles. The molecule has 0 spiro atoms. The van der Waals surface area contributed by atoms with Crippen molar-refractivity contribution in [2.24, 2.45) is 0 Å². The Morgan fingerprint density at radius 2 is 1.76 bits per heavy atom. The van der Waals surface area contributed by atoms with Gasteiger partial charge in [0.05, 0.1) is 0 Å². The van der Waals surface area contributed by atoms with Gasteiger partial charge in [0.15, 0.2) is 0 Å². The maximum absolute atomic E-state index is 14.2. The first-order valence-corrected chi connectivity index (χ1v) is 7.55. The summed E-state index contributed by atoms with van der Waals surface area (Å²) in [5, 5.41) is 4.07. The molecule has 0 heterocycles. The van der Waals surface area contributed by atoms with Crippen LogP contribution >= 0.6 is 11.6 Å². The Morgan fingerprint density at radius 3 is 2.43 bits per heavy atom. The second-order valence-electron chi connectivity index (χ2n) is 5.77. The van der Waals surface area contributed by atoms with Crippen LogP contribution in [-0.4, -0.2) is 6.04 Å². The second-order valence-corrected chi connectivity index (χ2v) is 6.17. The molecule has 112 valence electrons. The van der Waals surface area contributed by atoms with Crippen molar-refractivity contribution in [1.82, 2.24) is 5.32 Å². The van der Waals surface area contributed by atoms with E-state index in [-0.39, 0.29) is 5.82 Å². The molecule has 2 aromatic carbocycles. The van der Waals surface area contributed by atoms with Gasteiger partial charge in [-0.3, -0.25) is 0 Å². The number of nitrogens with one attached hydrogen (secondary N) is 1. The Balaban J connectivity index is 2.43. The van der Waals surface area contributed by atoms with E-state index < -0.39 is 0 Å². The summed E-state index contributed by atoms with van der Waals surface area (Å²) in [5.41, 5.74) is 4.56. The fourth-order valence-electron chi connectivity index (χ4n) is 2.28. The molecular weight excluding hydrogens is 285 g/mol. The van der Waals surface area contributed by atoms with Crippen molar-refractivity contribution in [1.29, 1.82) is 0 Å². The van der Waals surface area contributed by atoms with Gasteiger partial charge < -0.3 is 5.32 Å². The highest BCUT2D eigenvalue weighted by Crippen LogP contribution is 2.31. The number of benzene rings is 2. The highest BCUT2D eigenvalue weighted by atomic mass is 35.5. The van der Waals surface area contributed by atoms with E-state index in [1.54, 1.807) is 0 Å². The molecular formula is C18H21ClFN. The summed E-state index contributed by atoms with van der Waals surface area (Å²) in [6, 6.07) is 9.53. The molecule has 0 aromatic heterocycles. The predicted octanol–water partition coefficient (Wildman–Crippen LogP) is 5.26. The van der Waals surface area contributed by atoms with Crippen molar-refractivity contribution in [3.05, 3.63) is 57.9 Å². The minimum atomic E-state index is -0.201. The van der Waals surface area contributed by atoms with Gasteiger partial charge in [-0.15, -0.1) is 0 Å². The smallest absolute Gasteiger partial charge is 0.131 e. The quantitative estimate of drug-likeness (QED) is 0.812. The molecule has 0 aliphatic rings. The van der Waals surface area contributed by atoms with Crippen LogP contribution in [0.25, 0.3) is 11.1 Å². The fraction of sp³-hybridized carbons (Fsp3) is 0.333. The first-order valence-electron chi connectivity index (χ1n) is 7.17. The molecule has 2 rings (SSSR count). The number of hydrogen-bond donors (Lipinski definition) is 1. The summed E-state index contributed by atoms with van der Waals surface area (Å²) in [6.07, 6.45) is 0. The molecule has 0 radical (unpaired) electrons. The average molecular weight is 306 g/mol. The van der Waals surface area contributed by atoms with Gasteiger partial charge in [0.1, 0.15) is 5.82 Å². The molecule has 21 heavy (non-hydrogen) atoms. The lowest BCUT2D eigenvalue weighted by Crippen LogP contribution is -2.21. The van der Waals surface area contributed by atoms with Crippen LogP contribution in [0.5, 0.6) is 0 Å². The molecule has 0 amide bonds. The Bertz CT molecular complexity index is 650. The first kappa shape index (κ1) is 16.0. The topological polar surface area (TPSA) is 12.0 Å². The van der Waals surface area contributed by atoms with Crippen LogP contribution in [-0.2, 0) is 6.54 Å². The highest BCUT2D eigenvalue weighted by molar-refractivity contribution is 6.31. The molecule has 2 aromatic rings. The summed E-state index contributed by atoms with van der Waals surface area (Å²) in [5.74, 6) is -0.201. The van der Waals surface area contributed by atoms with E-state index in [0.29, 0.717) is 16.6 Å². The maximum atomic E-state index is 14.2. The minimum absolute atomic E-state index is 0.201. The van der Waals surface area contributed by atoms with E-state index in [4.69, 9.17) is 11.6 Å². The lowest BCUT2D eigenvalue weighted by Gasteiger charge is -2.13. The number of hydrogen-bond acceptors (Lipinski definition) is 1. The zero-order valence-electron chi connectivity index (χ0n) is 12.9. The van der Waals surface area contributed by atoms with E-state index in [1.165, 1.54) is 6.07 Å². The maximum Gasteiger partial charge on any atom is 0.131 e. The highest BCUT2D eigenvalue weighted by Gasteiger charge is 2.11. The largest absolute Gasteiger partial charge is 0.310 e. The Morgan fingerprint density at radius 1 is 1.05 bits per heavy atom. The van der Waals surface area contributed by atoms with E-state index >= 15 is 0 Å². The monoisotopic (exact) mass is 305 g/mol. The van der Waals surface area contributed by atoms with Gasteiger partial charge in [0.2, 0.25) is 0 Å². The zero-order valence-corrected chi connectivity index (χ0v) is 13.7. The van der Waals surface area contributed by atoms with E-state index in [2.05, 4.69) is 19.2 Å². The molecule has 0 aliphatic carbocycles. The van der Waals surface area contributed by atoms with Crippen molar-refractivity contribution in [2.75, 3.05) is 0 Å². The van der Waals surface area contributed by atoms with Crippen LogP contribution in [0, 0.1) is 19.7 Å². The van der Waals surface area contributed by atoms with Gasteiger partial charge in [0, 0.05) is 23.2 Å². The van der Waals surface area contributed by atoms with Crippen LogP contribution in [0.3, 0.4) is 0 Å². The minimum Gasteiger partial charge on any atom is -0.310 e. The SMILES string of the molecule is Cc1cc(-c2cc(CNC(C)C)ccc2F)c(C)cc1Cl. The third kappa shape index (κ3) is 3.84. The molecule has 0 aliphatic heterocycles. The summed E-state index contributed by atoms with van der Waals surface area (Å²) in [4.78, 5) is 0. The fourth-order valence-corrected chi connectivity index (χ4v) is 2.50. The van der Waals surface area contributed by atoms with Gasteiger partial charge in [-0.2, -0.15) is 0 Å². The molecule has 0 fully saturated rings. The molecule has 0 saturated carbocycles. The molecule has 1 N–H and O–H groups in total. The normalized spacial score (nSPS) is 11.2. The van der Waals surface area contributed by atoms with E-state index in [1.807, 2.05) is 38.1 Å².